The number of halogens is 1. The van der Waals surface area contributed by atoms with E-state index in [-0.39, 0.29) is 22.1 Å². The van der Waals surface area contributed by atoms with Crippen LogP contribution >= 0.6 is 11.6 Å². The van der Waals surface area contributed by atoms with Gasteiger partial charge in [-0.1, -0.05) is 11.6 Å². The highest BCUT2D eigenvalue weighted by Crippen LogP contribution is 2.28. The summed E-state index contributed by atoms with van der Waals surface area (Å²) in [5.41, 5.74) is 5.88. The molecule has 0 aliphatic rings. The largest absolute Gasteiger partial charge is 0.465 e. The minimum Gasteiger partial charge on any atom is -0.465 e. The molecule has 2 rings (SSSR count). The van der Waals surface area contributed by atoms with Crippen LogP contribution in [0, 0.1) is 10.1 Å². The van der Waals surface area contributed by atoms with Gasteiger partial charge in [-0.05, 0) is 12.1 Å². The minimum atomic E-state index is -0.641. The van der Waals surface area contributed by atoms with Gasteiger partial charge in [-0.3, -0.25) is 10.1 Å². The maximum Gasteiger partial charge on any atom is 0.343 e. The Morgan fingerprint density at radius 1 is 1.55 bits per heavy atom. The molecule has 104 valence electrons. The molecule has 0 saturated heterocycles. The number of aromatic nitrogens is 2. The number of nitro benzene ring substituents is 1. The number of benzene rings is 1. The fourth-order valence-corrected chi connectivity index (χ4v) is 1.79. The number of ether oxygens (including phenoxy) is 1. The van der Waals surface area contributed by atoms with Crippen LogP contribution in [0.3, 0.4) is 0 Å². The summed E-state index contributed by atoms with van der Waals surface area (Å²) >= 11 is 5.72. The topological polar surface area (TPSA) is 113 Å². The van der Waals surface area contributed by atoms with E-state index in [1.807, 2.05) is 0 Å². The Balaban J connectivity index is 2.53. The van der Waals surface area contributed by atoms with Crippen LogP contribution in [0.4, 0.5) is 11.5 Å². The second kappa shape index (κ2) is 5.17. The van der Waals surface area contributed by atoms with E-state index in [4.69, 9.17) is 17.3 Å². The summed E-state index contributed by atoms with van der Waals surface area (Å²) in [4.78, 5) is 21.6. The minimum absolute atomic E-state index is 0.00216. The van der Waals surface area contributed by atoms with Crippen molar-refractivity contribution in [2.45, 2.75) is 0 Å². The average molecular weight is 297 g/mol. The van der Waals surface area contributed by atoms with Crippen molar-refractivity contribution < 1.29 is 14.5 Å². The van der Waals surface area contributed by atoms with Gasteiger partial charge in [-0.25, -0.2) is 9.48 Å². The Labute approximate surface area is 117 Å². The smallest absolute Gasteiger partial charge is 0.343 e. The van der Waals surface area contributed by atoms with E-state index >= 15 is 0 Å². The molecule has 1 heterocycles. The lowest BCUT2D eigenvalue weighted by molar-refractivity contribution is -0.384. The third kappa shape index (κ3) is 2.28. The molecule has 2 aromatic rings. The fraction of sp³-hybridized carbons (Fsp3) is 0.0909. The van der Waals surface area contributed by atoms with Gasteiger partial charge in [0.2, 0.25) is 0 Å². The Kier molecular flexibility index (Phi) is 3.57. The first-order chi connectivity index (χ1) is 9.45. The molecule has 9 heteroatoms. The SMILES string of the molecule is COC(=O)c1cnn(-c2ccc(Cl)c([N+](=O)[O-])c2)c1N. The Morgan fingerprint density at radius 2 is 2.25 bits per heavy atom. The van der Waals surface area contributed by atoms with Gasteiger partial charge in [0.05, 0.1) is 23.9 Å². The molecule has 2 N–H and O–H groups in total. The summed E-state index contributed by atoms with van der Waals surface area (Å²) < 4.78 is 5.74. The number of methoxy groups -OCH3 is 1. The summed E-state index contributed by atoms with van der Waals surface area (Å²) in [7, 11) is 1.21. The van der Waals surface area contributed by atoms with Crippen molar-refractivity contribution in [2.24, 2.45) is 0 Å². The zero-order valence-corrected chi connectivity index (χ0v) is 11.0. The Hall–Kier alpha value is -2.61. The summed E-state index contributed by atoms with van der Waals surface area (Å²) in [6.07, 6.45) is 1.22. The number of carbonyl (C=O) groups is 1. The highest BCUT2D eigenvalue weighted by Gasteiger charge is 2.19. The van der Waals surface area contributed by atoms with Gasteiger partial charge in [0.25, 0.3) is 5.69 Å². The maximum atomic E-state index is 11.4. The molecule has 0 radical (unpaired) electrons. The summed E-state index contributed by atoms with van der Waals surface area (Å²) in [6, 6.07) is 4.07. The summed E-state index contributed by atoms with van der Waals surface area (Å²) in [5, 5.41) is 14.7. The van der Waals surface area contributed by atoms with E-state index in [0.717, 1.165) is 0 Å². The quantitative estimate of drug-likeness (QED) is 0.525. The van der Waals surface area contributed by atoms with Gasteiger partial charge < -0.3 is 10.5 Å². The van der Waals surface area contributed by atoms with Crippen LogP contribution in [-0.2, 0) is 4.74 Å². The normalized spacial score (nSPS) is 10.3. The number of anilines is 1. The number of nitrogens with two attached hydrogens (primary N) is 1. The van der Waals surface area contributed by atoms with Crippen LogP contribution in [0.5, 0.6) is 0 Å². The molecule has 20 heavy (non-hydrogen) atoms. The van der Waals surface area contributed by atoms with Crippen molar-refractivity contribution >= 4 is 29.1 Å². The van der Waals surface area contributed by atoms with Crippen LogP contribution < -0.4 is 5.73 Å². The van der Waals surface area contributed by atoms with Crippen molar-refractivity contribution in [2.75, 3.05) is 12.8 Å². The van der Waals surface area contributed by atoms with Crippen LogP contribution in [-0.4, -0.2) is 27.8 Å². The van der Waals surface area contributed by atoms with E-state index in [1.54, 1.807) is 0 Å². The molecule has 1 aromatic carbocycles. The second-order valence-corrected chi connectivity index (χ2v) is 4.15. The van der Waals surface area contributed by atoms with Crippen molar-refractivity contribution in [3.05, 3.63) is 45.1 Å². The van der Waals surface area contributed by atoms with E-state index in [9.17, 15) is 14.9 Å². The molecule has 0 aliphatic carbocycles. The predicted octanol–water partition coefficient (Wildman–Crippen LogP) is 1.80. The molecule has 0 bridgehead atoms. The van der Waals surface area contributed by atoms with E-state index < -0.39 is 10.9 Å². The van der Waals surface area contributed by atoms with E-state index in [2.05, 4.69) is 9.84 Å². The van der Waals surface area contributed by atoms with Gasteiger partial charge in [0, 0.05) is 6.07 Å². The van der Waals surface area contributed by atoms with Gasteiger partial charge in [-0.15, -0.1) is 0 Å². The number of hydrogen-bond acceptors (Lipinski definition) is 6. The van der Waals surface area contributed by atoms with Gasteiger partial charge in [-0.2, -0.15) is 5.10 Å². The van der Waals surface area contributed by atoms with Crippen LogP contribution in [0.1, 0.15) is 10.4 Å². The molecule has 0 fully saturated rings. The van der Waals surface area contributed by atoms with E-state index in [0.29, 0.717) is 5.69 Å². The number of esters is 1. The van der Waals surface area contributed by atoms with Crippen LogP contribution in [0.25, 0.3) is 5.69 Å². The van der Waals surface area contributed by atoms with Crippen molar-refractivity contribution in [3.8, 4) is 5.69 Å². The zero-order valence-electron chi connectivity index (χ0n) is 10.2. The maximum absolute atomic E-state index is 11.4. The van der Waals surface area contributed by atoms with Gasteiger partial charge >= 0.3 is 5.97 Å². The Bertz CT molecular complexity index is 698. The molecule has 8 nitrogen and oxygen atoms in total. The van der Waals surface area contributed by atoms with Crippen LogP contribution in [0.2, 0.25) is 5.02 Å². The number of nitrogen functional groups attached to an aromatic ring is 1. The highest BCUT2D eigenvalue weighted by atomic mass is 35.5. The van der Waals surface area contributed by atoms with E-state index in [1.165, 1.54) is 36.2 Å². The lowest BCUT2D eigenvalue weighted by Gasteiger charge is -2.05. The molecular weight excluding hydrogens is 288 g/mol. The first kappa shape index (κ1) is 13.8. The molecule has 0 saturated carbocycles. The van der Waals surface area contributed by atoms with Gasteiger partial charge in [0.1, 0.15) is 16.4 Å². The third-order valence-electron chi connectivity index (χ3n) is 2.58. The van der Waals surface area contributed by atoms with Crippen molar-refractivity contribution in [1.29, 1.82) is 0 Å². The molecule has 0 aliphatic heterocycles. The average Bonchev–Trinajstić information content (AvgIpc) is 2.80. The molecule has 1 aromatic heterocycles. The number of carbonyl (C=O) groups excluding carboxylic acids is 1. The number of hydrogen-bond donors (Lipinski definition) is 1. The zero-order chi connectivity index (χ0) is 14.9. The molecule has 0 atom stereocenters. The molecular formula is C11H9ClN4O4. The predicted molar refractivity (Wildman–Crippen MR) is 71.0 cm³/mol. The lowest BCUT2D eigenvalue weighted by Crippen LogP contribution is -2.07. The number of rotatable bonds is 3. The Morgan fingerprint density at radius 3 is 2.85 bits per heavy atom. The monoisotopic (exact) mass is 296 g/mol. The van der Waals surface area contributed by atoms with Gasteiger partial charge in [0.15, 0.2) is 0 Å². The lowest BCUT2D eigenvalue weighted by atomic mass is 10.2. The summed E-state index contributed by atoms with van der Waals surface area (Å²) in [5.74, 6) is -0.620. The fourth-order valence-electron chi connectivity index (χ4n) is 1.60. The molecule has 0 amide bonds. The third-order valence-corrected chi connectivity index (χ3v) is 2.90. The highest BCUT2D eigenvalue weighted by molar-refractivity contribution is 6.32. The van der Waals surface area contributed by atoms with Crippen molar-refractivity contribution in [3.63, 3.8) is 0 Å². The first-order valence-corrected chi connectivity index (χ1v) is 5.69. The van der Waals surface area contributed by atoms with Crippen LogP contribution in [0.15, 0.2) is 24.4 Å². The van der Waals surface area contributed by atoms with Crippen molar-refractivity contribution in [1.82, 2.24) is 9.78 Å². The summed E-state index contributed by atoms with van der Waals surface area (Å²) in [6.45, 7) is 0. The second-order valence-electron chi connectivity index (χ2n) is 3.74. The molecule has 0 spiro atoms. The first-order valence-electron chi connectivity index (χ1n) is 5.32. The number of nitrogens with zero attached hydrogens (tertiary/aromatic N) is 3. The standard InChI is InChI=1S/C11H9ClN4O4/c1-20-11(17)7-5-14-15(10(7)13)6-2-3-8(12)9(4-6)16(18)19/h2-5H,13H2,1H3. The number of nitro groups is 1. The molecule has 0 unspecified atom stereocenters.